The third kappa shape index (κ3) is 5.27. The lowest BCUT2D eigenvalue weighted by Crippen LogP contribution is -2.42. The molecule has 4 nitrogen and oxygen atoms in total. The van der Waals surface area contributed by atoms with Crippen molar-refractivity contribution in [3.63, 3.8) is 0 Å². The molecule has 0 spiro atoms. The van der Waals surface area contributed by atoms with E-state index < -0.39 is 9.84 Å². The molecule has 0 aromatic rings. The Balaban J connectivity index is 2.27. The molecular weight excluding hydrogens is 224 g/mol. The molecular formula is C11H24N2O2S. The number of hydrogen-bond acceptors (Lipinski definition) is 4. The first-order chi connectivity index (χ1) is 7.38. The van der Waals surface area contributed by atoms with Gasteiger partial charge < -0.3 is 10.6 Å². The zero-order valence-corrected chi connectivity index (χ0v) is 11.2. The predicted molar refractivity (Wildman–Crippen MR) is 67.1 cm³/mol. The molecule has 1 heterocycles. The van der Waals surface area contributed by atoms with Crippen molar-refractivity contribution in [2.24, 2.45) is 11.7 Å². The van der Waals surface area contributed by atoms with E-state index in [9.17, 15) is 8.42 Å². The van der Waals surface area contributed by atoms with Crippen LogP contribution in [-0.2, 0) is 9.84 Å². The van der Waals surface area contributed by atoms with Gasteiger partial charge in [-0.05, 0) is 45.2 Å². The van der Waals surface area contributed by atoms with Crippen LogP contribution >= 0.6 is 0 Å². The van der Waals surface area contributed by atoms with Crippen LogP contribution in [0.5, 0.6) is 0 Å². The molecule has 0 amide bonds. The monoisotopic (exact) mass is 248 g/mol. The molecule has 0 bridgehead atoms. The molecule has 2 unspecified atom stereocenters. The molecule has 0 radical (unpaired) electrons. The zero-order chi connectivity index (χ0) is 12.2. The van der Waals surface area contributed by atoms with E-state index in [1.54, 1.807) is 0 Å². The summed E-state index contributed by atoms with van der Waals surface area (Å²) in [5.74, 6) is 0.874. The average molecular weight is 248 g/mol. The summed E-state index contributed by atoms with van der Waals surface area (Å²) in [4.78, 5) is 2.35. The second-order valence-electron chi connectivity index (χ2n) is 5.05. The third-order valence-electron chi connectivity index (χ3n) is 3.28. The molecule has 1 aliphatic heterocycles. The molecule has 2 N–H and O–H groups in total. The van der Waals surface area contributed by atoms with Crippen molar-refractivity contribution >= 4 is 9.84 Å². The summed E-state index contributed by atoms with van der Waals surface area (Å²) in [6, 6.07) is 0.248. The number of likely N-dealkylation sites (tertiary alicyclic amines) is 1. The van der Waals surface area contributed by atoms with Crippen molar-refractivity contribution in [1.82, 2.24) is 4.90 Å². The first kappa shape index (κ1) is 13.9. The molecule has 0 aliphatic carbocycles. The van der Waals surface area contributed by atoms with E-state index in [1.165, 1.54) is 19.1 Å². The summed E-state index contributed by atoms with van der Waals surface area (Å²) >= 11 is 0. The quantitative estimate of drug-likeness (QED) is 0.768. The Morgan fingerprint density at radius 2 is 2.19 bits per heavy atom. The van der Waals surface area contributed by atoms with Crippen molar-refractivity contribution < 1.29 is 8.42 Å². The van der Waals surface area contributed by atoms with E-state index in [4.69, 9.17) is 5.73 Å². The fourth-order valence-corrected chi connectivity index (χ4v) is 2.93. The Labute approximate surface area is 99.1 Å². The van der Waals surface area contributed by atoms with Gasteiger partial charge in [-0.1, -0.05) is 0 Å². The highest BCUT2D eigenvalue weighted by Crippen LogP contribution is 2.18. The predicted octanol–water partition coefficient (Wildman–Crippen LogP) is 0.480. The average Bonchev–Trinajstić information content (AvgIpc) is 2.16. The van der Waals surface area contributed by atoms with E-state index in [-0.39, 0.29) is 6.04 Å². The van der Waals surface area contributed by atoms with E-state index in [2.05, 4.69) is 11.8 Å². The van der Waals surface area contributed by atoms with E-state index in [1.807, 2.05) is 0 Å². The van der Waals surface area contributed by atoms with Gasteiger partial charge in [-0.15, -0.1) is 0 Å². The number of nitrogens with two attached hydrogens (primary N) is 1. The summed E-state index contributed by atoms with van der Waals surface area (Å²) in [5, 5.41) is 0. The second kappa shape index (κ2) is 5.98. The van der Waals surface area contributed by atoms with Gasteiger partial charge in [-0.3, -0.25) is 0 Å². The number of nitrogens with zero attached hydrogens (tertiary/aromatic N) is 1. The van der Waals surface area contributed by atoms with Gasteiger partial charge in [0.25, 0.3) is 0 Å². The van der Waals surface area contributed by atoms with E-state index >= 15 is 0 Å². The number of piperidine rings is 1. The summed E-state index contributed by atoms with van der Waals surface area (Å²) in [6.07, 6.45) is 4.43. The maximum absolute atomic E-state index is 11.0. The first-order valence-corrected chi connectivity index (χ1v) is 8.10. The minimum atomic E-state index is -2.81. The third-order valence-corrected chi connectivity index (χ3v) is 4.31. The zero-order valence-electron chi connectivity index (χ0n) is 10.4. The minimum Gasteiger partial charge on any atom is -0.328 e. The highest BCUT2D eigenvalue weighted by molar-refractivity contribution is 7.90. The smallest absolute Gasteiger partial charge is 0.147 e. The van der Waals surface area contributed by atoms with Crippen LogP contribution in [0.15, 0.2) is 0 Å². The van der Waals surface area contributed by atoms with Gasteiger partial charge in [-0.25, -0.2) is 8.42 Å². The van der Waals surface area contributed by atoms with Crippen molar-refractivity contribution in [2.45, 2.75) is 32.2 Å². The van der Waals surface area contributed by atoms with Gasteiger partial charge in [-0.2, -0.15) is 0 Å². The van der Waals surface area contributed by atoms with Gasteiger partial charge in [0.15, 0.2) is 0 Å². The van der Waals surface area contributed by atoms with Crippen molar-refractivity contribution in [3.05, 3.63) is 0 Å². The molecule has 0 aromatic heterocycles. The molecule has 1 fully saturated rings. The highest BCUT2D eigenvalue weighted by atomic mass is 32.2. The molecule has 96 valence electrons. The first-order valence-electron chi connectivity index (χ1n) is 6.04. The summed E-state index contributed by atoms with van der Waals surface area (Å²) in [6.45, 7) is 5.06. The van der Waals surface area contributed by atoms with Gasteiger partial charge in [0.2, 0.25) is 0 Å². The Bertz CT molecular complexity index is 301. The summed E-state index contributed by atoms with van der Waals surface area (Å²) in [5.41, 5.74) is 5.90. The molecule has 2 atom stereocenters. The topological polar surface area (TPSA) is 63.4 Å². The highest BCUT2D eigenvalue weighted by Gasteiger charge is 2.22. The summed E-state index contributed by atoms with van der Waals surface area (Å²) < 4.78 is 22.0. The van der Waals surface area contributed by atoms with Crippen LogP contribution in [0.3, 0.4) is 0 Å². The van der Waals surface area contributed by atoms with Crippen LogP contribution in [0.2, 0.25) is 0 Å². The SMILES string of the molecule is CC(N)C1CCCN(CCCS(C)(=O)=O)C1. The molecule has 0 saturated carbocycles. The van der Waals surface area contributed by atoms with Crippen LogP contribution in [0.25, 0.3) is 0 Å². The van der Waals surface area contributed by atoms with Crippen LogP contribution < -0.4 is 5.73 Å². The number of sulfone groups is 1. The molecule has 1 saturated heterocycles. The van der Waals surface area contributed by atoms with Gasteiger partial charge >= 0.3 is 0 Å². The standard InChI is InChI=1S/C11H24N2O2S/c1-10(12)11-5-3-6-13(9-11)7-4-8-16(2,14)15/h10-11H,3-9,12H2,1-2H3. The fraction of sp³-hybridized carbons (Fsp3) is 1.00. The Hall–Kier alpha value is -0.130. The van der Waals surface area contributed by atoms with Crippen molar-refractivity contribution in [2.75, 3.05) is 31.6 Å². The summed E-state index contributed by atoms with van der Waals surface area (Å²) in [7, 11) is -2.81. The van der Waals surface area contributed by atoms with E-state index in [0.29, 0.717) is 11.7 Å². The minimum absolute atomic E-state index is 0.248. The van der Waals surface area contributed by atoms with Gasteiger partial charge in [0.05, 0.1) is 5.75 Å². The molecule has 1 aliphatic rings. The molecule has 5 heteroatoms. The molecule has 16 heavy (non-hydrogen) atoms. The van der Waals surface area contributed by atoms with Crippen LogP contribution in [-0.4, -0.2) is 51.0 Å². The lowest BCUT2D eigenvalue weighted by Gasteiger charge is -2.34. The van der Waals surface area contributed by atoms with Crippen molar-refractivity contribution in [1.29, 1.82) is 0 Å². The van der Waals surface area contributed by atoms with Gasteiger partial charge in [0.1, 0.15) is 9.84 Å². The van der Waals surface area contributed by atoms with E-state index in [0.717, 1.165) is 26.1 Å². The lowest BCUT2D eigenvalue weighted by atomic mass is 9.92. The number of rotatable bonds is 5. The Morgan fingerprint density at radius 3 is 2.75 bits per heavy atom. The normalized spacial score (nSPS) is 25.6. The van der Waals surface area contributed by atoms with Crippen LogP contribution in [0, 0.1) is 5.92 Å². The maximum atomic E-state index is 11.0. The van der Waals surface area contributed by atoms with Crippen LogP contribution in [0.4, 0.5) is 0 Å². The largest absolute Gasteiger partial charge is 0.328 e. The van der Waals surface area contributed by atoms with Crippen molar-refractivity contribution in [3.8, 4) is 0 Å². The Morgan fingerprint density at radius 1 is 1.50 bits per heavy atom. The second-order valence-corrected chi connectivity index (χ2v) is 7.31. The number of hydrogen-bond donors (Lipinski definition) is 1. The maximum Gasteiger partial charge on any atom is 0.147 e. The van der Waals surface area contributed by atoms with Crippen LogP contribution in [0.1, 0.15) is 26.2 Å². The lowest BCUT2D eigenvalue weighted by molar-refractivity contribution is 0.161. The molecule has 1 rings (SSSR count). The molecule has 0 aromatic carbocycles. The fourth-order valence-electron chi connectivity index (χ4n) is 2.27. The van der Waals surface area contributed by atoms with Gasteiger partial charge in [0, 0.05) is 18.8 Å². The Kier molecular flexibility index (Phi) is 5.21.